The highest BCUT2D eigenvalue weighted by Crippen LogP contribution is 2.33. The summed E-state index contributed by atoms with van der Waals surface area (Å²) in [7, 11) is 1.67. The molecule has 0 bridgehead atoms. The highest BCUT2D eigenvalue weighted by atomic mass is 32.2. The average molecular weight is 396 g/mol. The van der Waals surface area contributed by atoms with E-state index in [1.54, 1.807) is 18.9 Å². The summed E-state index contributed by atoms with van der Waals surface area (Å²) >= 11 is 1.72. The number of hydrogen-bond acceptors (Lipinski definition) is 4. The van der Waals surface area contributed by atoms with Crippen molar-refractivity contribution >= 4 is 28.7 Å². The molecule has 0 N–H and O–H groups in total. The number of amides is 1. The summed E-state index contributed by atoms with van der Waals surface area (Å²) in [6.07, 6.45) is 4.09. The lowest BCUT2D eigenvalue weighted by Gasteiger charge is -2.26. The Morgan fingerprint density at radius 3 is 2.75 bits per heavy atom. The molecule has 0 aliphatic carbocycles. The molecule has 5 nitrogen and oxygen atoms in total. The fourth-order valence-electron chi connectivity index (χ4n) is 4.01. The molecule has 1 aromatic heterocycles. The molecule has 28 heavy (non-hydrogen) atoms. The Labute approximate surface area is 169 Å². The molecule has 146 valence electrons. The molecule has 3 aromatic rings. The van der Waals surface area contributed by atoms with Gasteiger partial charge >= 0.3 is 0 Å². The van der Waals surface area contributed by atoms with Gasteiger partial charge in [-0.05, 0) is 48.9 Å². The molecule has 2 aromatic carbocycles. The molecule has 1 fully saturated rings. The van der Waals surface area contributed by atoms with Gasteiger partial charge in [-0.1, -0.05) is 24.3 Å². The van der Waals surface area contributed by atoms with Crippen LogP contribution in [0.4, 0.5) is 0 Å². The van der Waals surface area contributed by atoms with Gasteiger partial charge in [-0.15, -0.1) is 0 Å². The van der Waals surface area contributed by atoms with Crippen molar-refractivity contribution in [1.82, 2.24) is 14.5 Å². The number of likely N-dealkylation sites (tertiary alicyclic amines) is 1. The Morgan fingerprint density at radius 1 is 1.21 bits per heavy atom. The number of carbonyl (C=O) groups is 1. The van der Waals surface area contributed by atoms with Crippen LogP contribution in [0.2, 0.25) is 0 Å². The maximum Gasteiger partial charge on any atom is 0.243 e. The number of methoxy groups -OCH3 is 1. The van der Waals surface area contributed by atoms with E-state index in [0.29, 0.717) is 6.54 Å². The van der Waals surface area contributed by atoms with Gasteiger partial charge in [0.25, 0.3) is 0 Å². The summed E-state index contributed by atoms with van der Waals surface area (Å²) in [4.78, 5) is 20.0. The number of rotatable bonds is 6. The molecule has 1 unspecified atom stereocenters. The summed E-state index contributed by atoms with van der Waals surface area (Å²) in [5.41, 5.74) is 3.15. The quantitative estimate of drug-likeness (QED) is 0.625. The van der Waals surface area contributed by atoms with Gasteiger partial charge in [0.2, 0.25) is 5.91 Å². The largest absolute Gasteiger partial charge is 0.497 e. The van der Waals surface area contributed by atoms with Crippen molar-refractivity contribution in [3.63, 3.8) is 0 Å². The van der Waals surface area contributed by atoms with E-state index in [-0.39, 0.29) is 11.9 Å². The molecule has 4 rings (SSSR count). The lowest BCUT2D eigenvalue weighted by Crippen LogP contribution is -2.33. The van der Waals surface area contributed by atoms with Crippen LogP contribution in [0.1, 0.15) is 30.3 Å². The number of imidazole rings is 1. The van der Waals surface area contributed by atoms with Gasteiger partial charge in [-0.3, -0.25) is 4.79 Å². The van der Waals surface area contributed by atoms with E-state index in [2.05, 4.69) is 23.0 Å². The third-order valence-electron chi connectivity index (χ3n) is 5.37. The smallest absolute Gasteiger partial charge is 0.243 e. The second kappa shape index (κ2) is 8.27. The Balaban J connectivity index is 1.59. The van der Waals surface area contributed by atoms with Gasteiger partial charge < -0.3 is 14.2 Å². The van der Waals surface area contributed by atoms with Gasteiger partial charge in [0, 0.05) is 6.54 Å². The van der Waals surface area contributed by atoms with Crippen molar-refractivity contribution in [2.24, 2.45) is 0 Å². The van der Waals surface area contributed by atoms with Gasteiger partial charge in [0.05, 0.1) is 29.9 Å². The SMILES string of the molecule is COc1ccc(C2CCCN2C(=O)Cn2c(CSC)nc3ccccc32)cc1. The second-order valence-corrected chi connectivity index (χ2v) is 7.92. The first-order valence-electron chi connectivity index (χ1n) is 9.57. The molecule has 0 saturated carbocycles. The number of hydrogen-bond donors (Lipinski definition) is 0. The molecular formula is C22H25N3O2S. The molecule has 1 saturated heterocycles. The fraction of sp³-hybridized carbons (Fsp3) is 0.364. The van der Waals surface area contributed by atoms with Crippen molar-refractivity contribution in [2.75, 3.05) is 19.9 Å². The van der Waals surface area contributed by atoms with E-state index in [1.807, 2.05) is 41.3 Å². The molecule has 1 aliphatic rings. The minimum Gasteiger partial charge on any atom is -0.497 e. The minimum atomic E-state index is 0.136. The van der Waals surface area contributed by atoms with Crippen LogP contribution in [-0.2, 0) is 17.1 Å². The average Bonchev–Trinajstić information content (AvgIpc) is 3.34. The zero-order valence-corrected chi connectivity index (χ0v) is 17.1. The molecule has 0 spiro atoms. The van der Waals surface area contributed by atoms with Crippen LogP contribution in [0.15, 0.2) is 48.5 Å². The molecule has 0 radical (unpaired) electrons. The van der Waals surface area contributed by atoms with E-state index < -0.39 is 0 Å². The summed E-state index contributed by atoms with van der Waals surface area (Å²) in [5, 5.41) is 0. The van der Waals surface area contributed by atoms with E-state index in [4.69, 9.17) is 9.72 Å². The number of thioether (sulfide) groups is 1. The van der Waals surface area contributed by atoms with Crippen LogP contribution in [0.25, 0.3) is 11.0 Å². The second-order valence-electron chi connectivity index (χ2n) is 7.05. The minimum absolute atomic E-state index is 0.136. The Morgan fingerprint density at radius 2 is 2.00 bits per heavy atom. The zero-order chi connectivity index (χ0) is 19.5. The van der Waals surface area contributed by atoms with Crippen LogP contribution in [0.3, 0.4) is 0 Å². The number of ether oxygens (including phenoxy) is 1. The fourth-order valence-corrected chi connectivity index (χ4v) is 4.48. The maximum absolute atomic E-state index is 13.3. The number of carbonyl (C=O) groups excluding carboxylic acids is 1. The normalized spacial score (nSPS) is 16.6. The van der Waals surface area contributed by atoms with Gasteiger partial charge in [-0.25, -0.2) is 4.98 Å². The molecule has 1 atom stereocenters. The zero-order valence-electron chi connectivity index (χ0n) is 16.3. The van der Waals surface area contributed by atoms with Crippen LogP contribution in [0, 0.1) is 0 Å². The predicted octanol–water partition coefficient (Wildman–Crippen LogP) is 4.27. The number of nitrogens with zero attached hydrogens (tertiary/aromatic N) is 3. The summed E-state index contributed by atoms with van der Waals surface area (Å²) in [6.45, 7) is 1.14. The third-order valence-corrected chi connectivity index (χ3v) is 5.92. The number of para-hydroxylation sites is 2. The molecule has 1 amide bonds. The molecule has 1 aliphatic heterocycles. The highest BCUT2D eigenvalue weighted by molar-refractivity contribution is 7.97. The van der Waals surface area contributed by atoms with E-state index in [1.165, 1.54) is 5.56 Å². The standard InChI is InChI=1S/C22H25N3O2S/c1-27-17-11-9-16(10-12-17)19-8-5-13-24(19)22(26)14-25-20-7-4-3-6-18(20)23-21(25)15-28-2/h3-4,6-7,9-12,19H,5,8,13-15H2,1-2H3. The number of fused-ring (bicyclic) bond motifs is 1. The first-order valence-corrected chi connectivity index (χ1v) is 11.0. The van der Waals surface area contributed by atoms with Gasteiger partial charge in [0.1, 0.15) is 18.1 Å². The van der Waals surface area contributed by atoms with Crippen LogP contribution in [-0.4, -0.2) is 40.3 Å². The van der Waals surface area contributed by atoms with E-state index >= 15 is 0 Å². The van der Waals surface area contributed by atoms with Crippen LogP contribution < -0.4 is 4.74 Å². The summed E-state index contributed by atoms with van der Waals surface area (Å²) in [6, 6.07) is 16.3. The lowest BCUT2D eigenvalue weighted by atomic mass is 10.0. The van der Waals surface area contributed by atoms with Gasteiger partial charge in [-0.2, -0.15) is 11.8 Å². The Bertz CT molecular complexity index is 968. The van der Waals surface area contributed by atoms with Crippen LogP contribution >= 0.6 is 11.8 Å². The Hall–Kier alpha value is -2.47. The molecule has 6 heteroatoms. The van der Waals surface area contributed by atoms with Crippen molar-refractivity contribution in [1.29, 1.82) is 0 Å². The van der Waals surface area contributed by atoms with Crippen molar-refractivity contribution in [3.05, 3.63) is 59.9 Å². The Kier molecular flexibility index (Phi) is 5.57. The number of aromatic nitrogens is 2. The predicted molar refractivity (Wildman–Crippen MR) is 114 cm³/mol. The summed E-state index contributed by atoms with van der Waals surface area (Å²) in [5.74, 6) is 2.75. The number of benzene rings is 2. The molecule has 2 heterocycles. The third kappa shape index (κ3) is 3.61. The monoisotopic (exact) mass is 395 g/mol. The highest BCUT2D eigenvalue weighted by Gasteiger charge is 2.30. The first-order chi connectivity index (χ1) is 13.7. The molecular weight excluding hydrogens is 370 g/mol. The van der Waals surface area contributed by atoms with Crippen molar-refractivity contribution in [2.45, 2.75) is 31.2 Å². The van der Waals surface area contributed by atoms with E-state index in [0.717, 1.165) is 47.7 Å². The van der Waals surface area contributed by atoms with Crippen LogP contribution in [0.5, 0.6) is 5.75 Å². The summed E-state index contributed by atoms with van der Waals surface area (Å²) < 4.78 is 7.34. The van der Waals surface area contributed by atoms with Gasteiger partial charge in [0.15, 0.2) is 0 Å². The first kappa shape index (κ1) is 18.9. The van der Waals surface area contributed by atoms with E-state index in [9.17, 15) is 4.79 Å². The maximum atomic E-state index is 13.3. The lowest BCUT2D eigenvalue weighted by molar-refractivity contribution is -0.132. The van der Waals surface area contributed by atoms with Crippen molar-refractivity contribution in [3.8, 4) is 5.75 Å². The topological polar surface area (TPSA) is 47.4 Å². The van der Waals surface area contributed by atoms with Crippen molar-refractivity contribution < 1.29 is 9.53 Å².